The Morgan fingerprint density at radius 2 is 1.75 bits per heavy atom. The fourth-order valence-electron chi connectivity index (χ4n) is 2.31. The lowest BCUT2D eigenvalue weighted by molar-refractivity contribution is 0.934. The van der Waals surface area contributed by atoms with Crippen molar-refractivity contribution in [3.05, 3.63) is 59.0 Å². The maximum Gasteiger partial charge on any atom is 0.136 e. The van der Waals surface area contributed by atoms with Gasteiger partial charge in [-0.1, -0.05) is 54.9 Å². The monoisotopic (exact) mass is 282 g/mol. The molecule has 1 heterocycles. The molecule has 0 atom stereocenters. The van der Waals surface area contributed by atoms with E-state index in [1.165, 1.54) is 10.8 Å². The summed E-state index contributed by atoms with van der Waals surface area (Å²) in [5, 5.41) is 2.97. The van der Waals surface area contributed by atoms with Gasteiger partial charge in [-0.15, -0.1) is 0 Å². The molecule has 0 fully saturated rings. The Labute approximate surface area is 123 Å². The first kappa shape index (κ1) is 13.1. The van der Waals surface area contributed by atoms with Crippen LogP contribution in [0.5, 0.6) is 0 Å². The highest BCUT2D eigenvalue weighted by atomic mass is 35.5. The van der Waals surface area contributed by atoms with Crippen molar-refractivity contribution in [2.75, 3.05) is 0 Å². The first-order chi connectivity index (χ1) is 9.69. The molecule has 0 unspecified atom stereocenters. The highest BCUT2D eigenvalue weighted by Crippen LogP contribution is 2.28. The molecule has 2 nitrogen and oxygen atoms in total. The van der Waals surface area contributed by atoms with E-state index in [1.807, 2.05) is 26.0 Å². The number of hydrogen-bond donors (Lipinski definition) is 0. The number of hydrogen-bond acceptors (Lipinski definition) is 2. The van der Waals surface area contributed by atoms with Crippen LogP contribution in [-0.2, 0) is 6.42 Å². The van der Waals surface area contributed by atoms with Gasteiger partial charge < -0.3 is 0 Å². The maximum atomic E-state index is 6.21. The molecule has 0 saturated carbocycles. The van der Waals surface area contributed by atoms with Gasteiger partial charge in [-0.25, -0.2) is 9.97 Å². The molecule has 0 amide bonds. The van der Waals surface area contributed by atoms with Crippen LogP contribution < -0.4 is 0 Å². The molecular weight excluding hydrogens is 268 g/mol. The first-order valence-corrected chi connectivity index (χ1v) is 7.09. The lowest BCUT2D eigenvalue weighted by atomic mass is 10.0. The standard InChI is InChI=1S/C17H15ClN2/c1-3-15-19-16(11(2)17(18)20-15)14-9-8-12-6-4-5-7-13(12)10-14/h4-10H,3H2,1-2H3. The lowest BCUT2D eigenvalue weighted by Crippen LogP contribution is -1.99. The molecule has 0 radical (unpaired) electrons. The van der Waals surface area contributed by atoms with E-state index in [2.05, 4.69) is 40.3 Å². The van der Waals surface area contributed by atoms with Crippen molar-refractivity contribution >= 4 is 22.4 Å². The van der Waals surface area contributed by atoms with Crippen molar-refractivity contribution in [2.24, 2.45) is 0 Å². The average Bonchev–Trinajstić information content (AvgIpc) is 2.49. The highest BCUT2D eigenvalue weighted by molar-refractivity contribution is 6.30. The molecule has 0 saturated heterocycles. The van der Waals surface area contributed by atoms with Crippen LogP contribution in [0.3, 0.4) is 0 Å². The van der Waals surface area contributed by atoms with Crippen molar-refractivity contribution in [1.82, 2.24) is 9.97 Å². The normalized spacial score (nSPS) is 10.9. The molecule has 100 valence electrons. The minimum atomic E-state index is 0.542. The molecule has 0 spiro atoms. The molecule has 3 rings (SSSR count). The first-order valence-electron chi connectivity index (χ1n) is 6.71. The highest BCUT2D eigenvalue weighted by Gasteiger charge is 2.11. The van der Waals surface area contributed by atoms with Gasteiger partial charge in [0.15, 0.2) is 0 Å². The fourth-order valence-corrected chi connectivity index (χ4v) is 2.50. The molecule has 1 aromatic heterocycles. The van der Waals surface area contributed by atoms with E-state index in [9.17, 15) is 0 Å². The van der Waals surface area contributed by atoms with Gasteiger partial charge in [0.05, 0.1) is 5.69 Å². The molecule has 0 aliphatic heterocycles. The van der Waals surface area contributed by atoms with Crippen LogP contribution >= 0.6 is 11.6 Å². The zero-order valence-electron chi connectivity index (χ0n) is 11.5. The summed E-state index contributed by atoms with van der Waals surface area (Å²) in [5.41, 5.74) is 2.94. The second-order valence-electron chi connectivity index (χ2n) is 4.82. The minimum Gasteiger partial charge on any atom is -0.233 e. The summed E-state index contributed by atoms with van der Waals surface area (Å²) in [7, 11) is 0. The molecule has 3 heteroatoms. The quantitative estimate of drug-likeness (QED) is 0.630. The SMILES string of the molecule is CCc1nc(Cl)c(C)c(-c2ccc3ccccc3c2)n1. The van der Waals surface area contributed by atoms with E-state index in [1.54, 1.807) is 0 Å². The molecule has 0 N–H and O–H groups in total. The van der Waals surface area contributed by atoms with Crippen molar-refractivity contribution in [1.29, 1.82) is 0 Å². The second kappa shape index (κ2) is 5.22. The topological polar surface area (TPSA) is 25.8 Å². The predicted molar refractivity (Wildman–Crippen MR) is 84.1 cm³/mol. The zero-order chi connectivity index (χ0) is 14.1. The third-order valence-corrected chi connectivity index (χ3v) is 3.84. The van der Waals surface area contributed by atoms with E-state index in [0.717, 1.165) is 29.1 Å². The second-order valence-corrected chi connectivity index (χ2v) is 5.18. The van der Waals surface area contributed by atoms with Crippen LogP contribution in [0.25, 0.3) is 22.0 Å². The number of fused-ring (bicyclic) bond motifs is 1. The van der Waals surface area contributed by atoms with Gasteiger partial charge in [0.2, 0.25) is 0 Å². The van der Waals surface area contributed by atoms with Crippen molar-refractivity contribution in [3.63, 3.8) is 0 Å². The molecule has 0 aliphatic carbocycles. The van der Waals surface area contributed by atoms with Gasteiger partial charge in [-0.2, -0.15) is 0 Å². The number of halogens is 1. The van der Waals surface area contributed by atoms with E-state index in [-0.39, 0.29) is 0 Å². The van der Waals surface area contributed by atoms with Crippen LogP contribution in [0.4, 0.5) is 0 Å². The van der Waals surface area contributed by atoms with Gasteiger partial charge in [0, 0.05) is 17.5 Å². The maximum absolute atomic E-state index is 6.21. The summed E-state index contributed by atoms with van der Waals surface area (Å²) in [6, 6.07) is 14.7. The Morgan fingerprint density at radius 3 is 2.50 bits per heavy atom. The van der Waals surface area contributed by atoms with Gasteiger partial charge in [-0.05, 0) is 23.8 Å². The minimum absolute atomic E-state index is 0.542. The summed E-state index contributed by atoms with van der Waals surface area (Å²) >= 11 is 6.21. The van der Waals surface area contributed by atoms with Gasteiger partial charge >= 0.3 is 0 Å². The average molecular weight is 283 g/mol. The Morgan fingerprint density at radius 1 is 1.00 bits per heavy atom. The van der Waals surface area contributed by atoms with Crippen molar-refractivity contribution in [3.8, 4) is 11.3 Å². The van der Waals surface area contributed by atoms with Crippen LogP contribution in [0, 0.1) is 6.92 Å². The summed E-state index contributed by atoms with van der Waals surface area (Å²) in [6.07, 6.45) is 0.778. The largest absolute Gasteiger partial charge is 0.233 e. The molecule has 2 aromatic carbocycles. The van der Waals surface area contributed by atoms with Crippen LogP contribution in [-0.4, -0.2) is 9.97 Å². The Hall–Kier alpha value is -1.93. The lowest BCUT2D eigenvalue weighted by Gasteiger charge is -2.09. The number of benzene rings is 2. The molecule has 3 aromatic rings. The Bertz CT molecular complexity index is 781. The number of aryl methyl sites for hydroxylation is 1. The fraction of sp³-hybridized carbons (Fsp3) is 0.176. The summed E-state index contributed by atoms with van der Waals surface area (Å²) in [6.45, 7) is 4.00. The third kappa shape index (κ3) is 2.27. The van der Waals surface area contributed by atoms with E-state index in [0.29, 0.717) is 5.15 Å². The molecule has 20 heavy (non-hydrogen) atoms. The van der Waals surface area contributed by atoms with Gasteiger partial charge in [0.1, 0.15) is 11.0 Å². The predicted octanol–water partition coefficient (Wildman–Crippen LogP) is 4.82. The third-order valence-electron chi connectivity index (χ3n) is 3.47. The van der Waals surface area contributed by atoms with Crippen molar-refractivity contribution < 1.29 is 0 Å². The zero-order valence-corrected chi connectivity index (χ0v) is 12.3. The molecular formula is C17H15ClN2. The number of rotatable bonds is 2. The number of aromatic nitrogens is 2. The summed E-state index contributed by atoms with van der Waals surface area (Å²) < 4.78 is 0. The van der Waals surface area contributed by atoms with Crippen molar-refractivity contribution in [2.45, 2.75) is 20.3 Å². The van der Waals surface area contributed by atoms with Crippen LogP contribution in [0.15, 0.2) is 42.5 Å². The summed E-state index contributed by atoms with van der Waals surface area (Å²) in [5.74, 6) is 0.781. The van der Waals surface area contributed by atoms with E-state index < -0.39 is 0 Å². The van der Waals surface area contributed by atoms with E-state index in [4.69, 9.17) is 11.6 Å². The Kier molecular flexibility index (Phi) is 3.41. The van der Waals surface area contributed by atoms with Gasteiger partial charge in [-0.3, -0.25) is 0 Å². The van der Waals surface area contributed by atoms with E-state index >= 15 is 0 Å². The van der Waals surface area contributed by atoms with Crippen LogP contribution in [0.1, 0.15) is 18.3 Å². The smallest absolute Gasteiger partial charge is 0.136 e. The molecule has 0 bridgehead atoms. The molecule has 0 aliphatic rings. The van der Waals surface area contributed by atoms with Crippen LogP contribution in [0.2, 0.25) is 5.15 Å². The number of nitrogens with zero attached hydrogens (tertiary/aromatic N) is 2. The van der Waals surface area contributed by atoms with Gasteiger partial charge in [0.25, 0.3) is 0 Å². The Balaban J connectivity index is 2.22. The summed E-state index contributed by atoms with van der Waals surface area (Å²) in [4.78, 5) is 8.93.